The zero-order chi connectivity index (χ0) is 13.5. The minimum absolute atomic E-state index is 0.0478. The van der Waals surface area contributed by atoms with E-state index in [-0.39, 0.29) is 5.91 Å². The summed E-state index contributed by atoms with van der Waals surface area (Å²) in [6.07, 6.45) is 4.67. The van der Waals surface area contributed by atoms with Gasteiger partial charge >= 0.3 is 0 Å². The van der Waals surface area contributed by atoms with Crippen molar-refractivity contribution in [2.24, 2.45) is 12.5 Å². The summed E-state index contributed by atoms with van der Waals surface area (Å²) in [5.74, 6) is 0.256. The summed E-state index contributed by atoms with van der Waals surface area (Å²) < 4.78 is 1.56. The van der Waals surface area contributed by atoms with Gasteiger partial charge < -0.3 is 4.90 Å². The lowest BCUT2D eigenvalue weighted by atomic mass is 9.79. The molecule has 3 heterocycles. The lowest BCUT2D eigenvalue weighted by molar-refractivity contribution is 0.0102. The van der Waals surface area contributed by atoms with Gasteiger partial charge in [0.1, 0.15) is 6.33 Å². The molecule has 1 aromatic heterocycles. The van der Waals surface area contributed by atoms with Crippen LogP contribution in [-0.4, -0.2) is 63.2 Å². The van der Waals surface area contributed by atoms with Crippen molar-refractivity contribution in [3.63, 3.8) is 0 Å². The summed E-state index contributed by atoms with van der Waals surface area (Å²) in [4.78, 5) is 20.4. The summed E-state index contributed by atoms with van der Waals surface area (Å²) in [6, 6.07) is 0. The molecular formula is C13H19N5O. The third-order valence-corrected chi connectivity index (χ3v) is 4.04. The van der Waals surface area contributed by atoms with Gasteiger partial charge in [-0.1, -0.05) is 6.08 Å². The zero-order valence-electron chi connectivity index (χ0n) is 11.2. The minimum Gasteiger partial charge on any atom is -0.335 e. The maximum absolute atomic E-state index is 12.1. The number of carbonyl (C=O) groups excluding carboxylic acids is 1. The minimum atomic E-state index is -0.0478. The van der Waals surface area contributed by atoms with E-state index in [1.165, 1.54) is 6.42 Å². The molecule has 1 aromatic rings. The molecule has 1 spiro atoms. The molecule has 102 valence electrons. The van der Waals surface area contributed by atoms with Crippen molar-refractivity contribution < 1.29 is 4.79 Å². The second-order valence-corrected chi connectivity index (χ2v) is 5.68. The van der Waals surface area contributed by atoms with Gasteiger partial charge in [0.25, 0.3) is 5.91 Å². The van der Waals surface area contributed by atoms with Crippen LogP contribution in [-0.2, 0) is 7.05 Å². The fourth-order valence-electron chi connectivity index (χ4n) is 3.11. The summed E-state index contributed by atoms with van der Waals surface area (Å²) in [7, 11) is 1.77. The first kappa shape index (κ1) is 12.3. The molecule has 0 radical (unpaired) electrons. The fourth-order valence-corrected chi connectivity index (χ4v) is 3.11. The molecule has 0 aliphatic carbocycles. The van der Waals surface area contributed by atoms with E-state index in [0.29, 0.717) is 11.2 Å². The molecule has 0 bridgehead atoms. The van der Waals surface area contributed by atoms with Crippen LogP contribution in [0.5, 0.6) is 0 Å². The van der Waals surface area contributed by atoms with Crippen molar-refractivity contribution >= 4 is 5.91 Å². The van der Waals surface area contributed by atoms with Crippen LogP contribution in [0, 0.1) is 5.41 Å². The van der Waals surface area contributed by atoms with Crippen LogP contribution in [0.25, 0.3) is 0 Å². The van der Waals surface area contributed by atoms with Gasteiger partial charge in [-0.05, 0) is 13.0 Å². The highest BCUT2D eigenvalue weighted by Crippen LogP contribution is 2.39. The SMILES string of the molecule is C=CCN1CCC2(C1)CN(C(=O)c1ncn(C)n1)C2. The molecule has 1 amide bonds. The van der Waals surface area contributed by atoms with E-state index in [1.54, 1.807) is 18.1 Å². The Hall–Kier alpha value is -1.69. The van der Waals surface area contributed by atoms with Crippen molar-refractivity contribution in [3.8, 4) is 0 Å². The fraction of sp³-hybridized carbons (Fsp3) is 0.615. The van der Waals surface area contributed by atoms with Gasteiger partial charge in [0.05, 0.1) is 0 Å². The number of carbonyl (C=O) groups is 1. The van der Waals surface area contributed by atoms with Crippen molar-refractivity contribution in [1.29, 1.82) is 0 Å². The first-order chi connectivity index (χ1) is 9.12. The van der Waals surface area contributed by atoms with E-state index >= 15 is 0 Å². The summed E-state index contributed by atoms with van der Waals surface area (Å²) in [6.45, 7) is 8.55. The molecule has 0 N–H and O–H groups in total. The van der Waals surface area contributed by atoms with Gasteiger partial charge in [0.2, 0.25) is 5.82 Å². The van der Waals surface area contributed by atoms with Crippen LogP contribution in [0.15, 0.2) is 19.0 Å². The Morgan fingerprint density at radius 1 is 1.53 bits per heavy atom. The number of hydrogen-bond acceptors (Lipinski definition) is 4. The van der Waals surface area contributed by atoms with E-state index < -0.39 is 0 Å². The second kappa shape index (κ2) is 4.45. The largest absolute Gasteiger partial charge is 0.335 e. The molecule has 2 aliphatic rings. The number of aromatic nitrogens is 3. The van der Waals surface area contributed by atoms with E-state index in [0.717, 1.165) is 32.7 Å². The molecule has 0 unspecified atom stereocenters. The summed E-state index contributed by atoms with van der Waals surface area (Å²) in [5.41, 5.74) is 0.299. The Balaban J connectivity index is 1.58. The lowest BCUT2D eigenvalue weighted by Gasteiger charge is -2.47. The van der Waals surface area contributed by atoms with Crippen molar-refractivity contribution in [2.45, 2.75) is 6.42 Å². The second-order valence-electron chi connectivity index (χ2n) is 5.68. The van der Waals surface area contributed by atoms with Crippen LogP contribution in [0.4, 0.5) is 0 Å². The molecular weight excluding hydrogens is 242 g/mol. The van der Waals surface area contributed by atoms with Crippen LogP contribution in [0.3, 0.4) is 0 Å². The van der Waals surface area contributed by atoms with Gasteiger partial charge in [-0.3, -0.25) is 14.4 Å². The highest BCUT2D eigenvalue weighted by molar-refractivity contribution is 5.91. The smallest absolute Gasteiger partial charge is 0.293 e. The van der Waals surface area contributed by atoms with Gasteiger partial charge in [-0.15, -0.1) is 11.7 Å². The predicted molar refractivity (Wildman–Crippen MR) is 70.6 cm³/mol. The molecule has 2 aliphatic heterocycles. The first-order valence-electron chi connectivity index (χ1n) is 6.60. The van der Waals surface area contributed by atoms with Crippen molar-refractivity contribution in [3.05, 3.63) is 24.8 Å². The van der Waals surface area contributed by atoms with E-state index in [9.17, 15) is 4.79 Å². The maximum atomic E-state index is 12.1. The molecule has 19 heavy (non-hydrogen) atoms. The van der Waals surface area contributed by atoms with E-state index in [1.807, 2.05) is 11.0 Å². The normalized spacial score (nSPS) is 21.6. The Kier molecular flexibility index (Phi) is 2.89. The maximum Gasteiger partial charge on any atom is 0.293 e. The molecule has 2 saturated heterocycles. The van der Waals surface area contributed by atoms with Gasteiger partial charge in [0, 0.05) is 38.6 Å². The number of amides is 1. The Morgan fingerprint density at radius 2 is 2.32 bits per heavy atom. The number of rotatable bonds is 3. The molecule has 0 aromatic carbocycles. The van der Waals surface area contributed by atoms with Crippen LogP contribution >= 0.6 is 0 Å². The Bertz CT molecular complexity index is 503. The van der Waals surface area contributed by atoms with Gasteiger partial charge in [-0.2, -0.15) is 0 Å². The molecule has 0 atom stereocenters. The lowest BCUT2D eigenvalue weighted by Crippen LogP contribution is -2.59. The molecule has 6 nitrogen and oxygen atoms in total. The Morgan fingerprint density at radius 3 is 2.95 bits per heavy atom. The monoisotopic (exact) mass is 261 g/mol. The van der Waals surface area contributed by atoms with E-state index in [4.69, 9.17) is 0 Å². The third-order valence-electron chi connectivity index (χ3n) is 4.04. The zero-order valence-corrected chi connectivity index (χ0v) is 11.2. The molecule has 2 fully saturated rings. The van der Waals surface area contributed by atoms with Gasteiger partial charge in [0.15, 0.2) is 0 Å². The Labute approximate surface area is 112 Å². The van der Waals surface area contributed by atoms with Gasteiger partial charge in [-0.25, -0.2) is 4.98 Å². The summed E-state index contributed by atoms with van der Waals surface area (Å²) >= 11 is 0. The van der Waals surface area contributed by atoms with E-state index in [2.05, 4.69) is 21.6 Å². The van der Waals surface area contributed by atoms with Crippen LogP contribution < -0.4 is 0 Å². The molecule has 0 saturated carbocycles. The number of aryl methyl sites for hydroxylation is 1. The number of hydrogen-bond donors (Lipinski definition) is 0. The first-order valence-corrected chi connectivity index (χ1v) is 6.60. The average molecular weight is 261 g/mol. The molecule has 6 heteroatoms. The highest BCUT2D eigenvalue weighted by Gasteiger charge is 2.49. The predicted octanol–water partition coefficient (Wildman–Crippen LogP) is 0.149. The van der Waals surface area contributed by atoms with Crippen LogP contribution in [0.1, 0.15) is 17.0 Å². The quantitative estimate of drug-likeness (QED) is 0.727. The average Bonchev–Trinajstić information content (AvgIpc) is 2.94. The highest BCUT2D eigenvalue weighted by atomic mass is 16.2. The van der Waals surface area contributed by atoms with Crippen LogP contribution in [0.2, 0.25) is 0 Å². The summed E-state index contributed by atoms with van der Waals surface area (Å²) in [5, 5.41) is 4.06. The number of likely N-dealkylation sites (tertiary alicyclic amines) is 2. The third kappa shape index (κ3) is 2.16. The topological polar surface area (TPSA) is 54.3 Å². The van der Waals surface area contributed by atoms with Crippen molar-refractivity contribution in [2.75, 3.05) is 32.7 Å². The number of nitrogens with zero attached hydrogens (tertiary/aromatic N) is 5. The van der Waals surface area contributed by atoms with Crippen molar-refractivity contribution in [1.82, 2.24) is 24.6 Å². The standard InChI is InChI=1S/C13H19N5O/c1-3-5-17-6-4-13(7-17)8-18(9-13)12(19)11-14-10-16(2)15-11/h3,10H,1,4-9H2,2H3. The molecule has 3 rings (SSSR count).